The zero-order chi connectivity index (χ0) is 21.6. The highest BCUT2D eigenvalue weighted by Gasteiger charge is 2.31. The molecule has 2 unspecified atom stereocenters. The molecule has 2 aromatic rings. The van der Waals surface area contributed by atoms with Gasteiger partial charge in [0.25, 0.3) is 0 Å². The van der Waals surface area contributed by atoms with E-state index >= 15 is 0 Å². The Morgan fingerprint density at radius 2 is 1.97 bits per heavy atom. The third-order valence-corrected chi connectivity index (χ3v) is 7.43. The Bertz CT molecular complexity index is 904. The lowest BCUT2D eigenvalue weighted by atomic mass is 9.88. The molecule has 2 aliphatic rings. The van der Waals surface area contributed by atoms with Gasteiger partial charge in [-0.2, -0.15) is 0 Å². The Hall–Kier alpha value is -1.65. The molecule has 4 rings (SSSR count). The molecule has 1 aromatic heterocycles. The molecule has 2 aliphatic heterocycles. The maximum atomic E-state index is 12.8. The smallest absolute Gasteiger partial charge is 0.242 e. The first-order valence-corrected chi connectivity index (χ1v) is 12.1. The van der Waals surface area contributed by atoms with Crippen molar-refractivity contribution in [1.82, 2.24) is 20.4 Å². The molecule has 1 fully saturated rings. The number of amides is 1. The van der Waals surface area contributed by atoms with E-state index in [1.807, 2.05) is 22.3 Å². The van der Waals surface area contributed by atoms with Gasteiger partial charge in [0, 0.05) is 37.6 Å². The number of halogens is 1. The van der Waals surface area contributed by atoms with Gasteiger partial charge in [-0.3, -0.25) is 14.7 Å². The van der Waals surface area contributed by atoms with Gasteiger partial charge in [0.1, 0.15) is 0 Å². The number of rotatable bonds is 5. The molecule has 3 heterocycles. The van der Waals surface area contributed by atoms with Gasteiger partial charge in [-0.15, -0.1) is 35.3 Å². The van der Waals surface area contributed by atoms with Crippen molar-refractivity contribution in [3.8, 4) is 0 Å². The molecule has 2 N–H and O–H groups in total. The highest BCUT2D eigenvalue weighted by molar-refractivity contribution is 14.0. The van der Waals surface area contributed by atoms with E-state index in [-0.39, 0.29) is 36.4 Å². The van der Waals surface area contributed by atoms with Gasteiger partial charge < -0.3 is 15.5 Å². The zero-order valence-corrected chi connectivity index (χ0v) is 22.1. The highest BCUT2D eigenvalue weighted by Crippen LogP contribution is 2.36. The number of benzene rings is 1. The van der Waals surface area contributed by atoms with E-state index in [1.165, 1.54) is 28.8 Å². The lowest BCUT2D eigenvalue weighted by Gasteiger charge is -2.39. The molecule has 0 spiro atoms. The molecule has 32 heavy (non-hydrogen) atoms. The monoisotopic (exact) mass is 567 g/mol. The molecule has 0 radical (unpaired) electrons. The Labute approximate surface area is 212 Å². The molecule has 1 amide bonds. The molecule has 0 bridgehead atoms. The Kier molecular flexibility index (Phi) is 9.36. The highest BCUT2D eigenvalue weighted by atomic mass is 127. The lowest BCUT2D eigenvalue weighted by Crippen LogP contribution is -2.48. The molecule has 8 heteroatoms. The summed E-state index contributed by atoms with van der Waals surface area (Å²) in [4.78, 5) is 22.9. The quantitative estimate of drug-likeness (QED) is 0.330. The Morgan fingerprint density at radius 1 is 1.16 bits per heavy atom. The van der Waals surface area contributed by atoms with E-state index < -0.39 is 0 Å². The van der Waals surface area contributed by atoms with Gasteiger partial charge in [0.15, 0.2) is 5.96 Å². The van der Waals surface area contributed by atoms with E-state index in [0.29, 0.717) is 24.5 Å². The van der Waals surface area contributed by atoms with Crippen LogP contribution in [0.25, 0.3) is 0 Å². The maximum Gasteiger partial charge on any atom is 0.242 e. The van der Waals surface area contributed by atoms with Crippen LogP contribution in [0.1, 0.15) is 34.9 Å². The summed E-state index contributed by atoms with van der Waals surface area (Å²) in [5.41, 5.74) is 2.61. The summed E-state index contributed by atoms with van der Waals surface area (Å²) in [5.74, 6) is 1.33. The zero-order valence-electron chi connectivity index (χ0n) is 18.9. The van der Waals surface area contributed by atoms with Crippen LogP contribution < -0.4 is 10.6 Å². The minimum absolute atomic E-state index is 0. The minimum atomic E-state index is 0. The van der Waals surface area contributed by atoms with Crippen LogP contribution in [0, 0.1) is 5.92 Å². The number of likely N-dealkylation sites (tertiary alicyclic amines) is 1. The first-order chi connectivity index (χ1) is 15.2. The van der Waals surface area contributed by atoms with Gasteiger partial charge in [-0.25, -0.2) is 0 Å². The van der Waals surface area contributed by atoms with Gasteiger partial charge >= 0.3 is 0 Å². The number of aliphatic imine (C=N–C) groups is 1. The predicted molar refractivity (Wildman–Crippen MR) is 143 cm³/mol. The topological polar surface area (TPSA) is 60.0 Å². The fourth-order valence-electron chi connectivity index (χ4n) is 4.81. The summed E-state index contributed by atoms with van der Waals surface area (Å²) in [5, 5.41) is 8.86. The average Bonchev–Trinajstić information content (AvgIpc) is 3.33. The van der Waals surface area contributed by atoms with Crippen LogP contribution in [0.3, 0.4) is 0 Å². The first-order valence-electron chi connectivity index (χ1n) is 11.2. The molecular weight excluding hydrogens is 533 g/mol. The summed E-state index contributed by atoms with van der Waals surface area (Å²) in [6.45, 7) is 3.72. The second kappa shape index (κ2) is 12.0. The molecular formula is C24H34IN5OS. The number of thiophene rings is 1. The number of carbonyl (C=O) groups is 1. The third kappa shape index (κ3) is 6.02. The van der Waals surface area contributed by atoms with Gasteiger partial charge in [0.05, 0.1) is 6.54 Å². The summed E-state index contributed by atoms with van der Waals surface area (Å²) in [6, 6.07) is 13.2. The number of hydrogen-bond acceptors (Lipinski definition) is 4. The Morgan fingerprint density at radius 3 is 2.72 bits per heavy atom. The van der Waals surface area contributed by atoms with E-state index in [9.17, 15) is 4.79 Å². The summed E-state index contributed by atoms with van der Waals surface area (Å²) >= 11 is 1.84. The fraction of sp³-hybridized carbons (Fsp3) is 0.500. The minimum Gasteiger partial charge on any atom is -0.356 e. The van der Waals surface area contributed by atoms with Crippen LogP contribution in [0.4, 0.5) is 0 Å². The average molecular weight is 568 g/mol. The second-order valence-corrected chi connectivity index (χ2v) is 9.46. The van der Waals surface area contributed by atoms with Crippen LogP contribution in [-0.2, 0) is 17.8 Å². The number of carbonyl (C=O) groups excluding carboxylic acids is 1. The maximum absolute atomic E-state index is 12.8. The van der Waals surface area contributed by atoms with Crippen molar-refractivity contribution in [3.63, 3.8) is 0 Å². The van der Waals surface area contributed by atoms with E-state index in [2.05, 4.69) is 63.3 Å². The number of nitrogens with one attached hydrogen (secondary N) is 2. The van der Waals surface area contributed by atoms with Gasteiger partial charge in [-0.1, -0.05) is 30.3 Å². The lowest BCUT2D eigenvalue weighted by molar-refractivity contribution is -0.130. The van der Waals surface area contributed by atoms with Crippen LogP contribution in [0.5, 0.6) is 0 Å². The first kappa shape index (κ1) is 25.0. The predicted octanol–water partition coefficient (Wildman–Crippen LogP) is 3.50. The molecule has 2 atom stereocenters. The summed E-state index contributed by atoms with van der Waals surface area (Å²) in [7, 11) is 3.99. The van der Waals surface area contributed by atoms with Crippen LogP contribution in [-0.4, -0.2) is 61.9 Å². The van der Waals surface area contributed by atoms with Crippen LogP contribution >= 0.6 is 35.3 Å². The summed E-state index contributed by atoms with van der Waals surface area (Å²) < 4.78 is 0. The van der Waals surface area contributed by atoms with Crippen molar-refractivity contribution < 1.29 is 4.79 Å². The molecule has 1 saturated heterocycles. The largest absolute Gasteiger partial charge is 0.356 e. The molecule has 0 saturated carbocycles. The third-order valence-electron chi connectivity index (χ3n) is 6.49. The van der Waals surface area contributed by atoms with Crippen LogP contribution in [0.15, 0.2) is 46.8 Å². The van der Waals surface area contributed by atoms with E-state index in [0.717, 1.165) is 26.1 Å². The molecule has 0 aliphatic carbocycles. The van der Waals surface area contributed by atoms with Crippen molar-refractivity contribution in [3.05, 3.63) is 57.8 Å². The second-order valence-electron chi connectivity index (χ2n) is 8.48. The number of guanidine groups is 1. The van der Waals surface area contributed by atoms with E-state index in [1.54, 1.807) is 7.05 Å². The standard InChI is InChI=1S/C24H33N5OS.HI/c1-25-24(26-15-19-9-5-12-28(2)23(19)21-10-6-14-31-21)27-16-22(30)29-13-11-18-7-3-4-8-20(18)17-29;/h3-4,6-8,10,14,19,23H,5,9,11-13,15-17H2,1-2H3,(H2,25,26,27);1H. The Balaban J connectivity index is 0.00000289. The van der Waals surface area contributed by atoms with Crippen LogP contribution in [0.2, 0.25) is 0 Å². The number of nitrogens with zero attached hydrogens (tertiary/aromatic N) is 3. The van der Waals surface area contributed by atoms with Crippen molar-refractivity contribution in [2.24, 2.45) is 10.9 Å². The fourth-order valence-corrected chi connectivity index (χ4v) is 5.79. The van der Waals surface area contributed by atoms with Gasteiger partial charge in [0.2, 0.25) is 5.91 Å². The molecule has 6 nitrogen and oxygen atoms in total. The normalized spacial score (nSPS) is 21.4. The number of fused-ring (bicyclic) bond motifs is 1. The van der Waals surface area contributed by atoms with Crippen molar-refractivity contribution in [1.29, 1.82) is 0 Å². The molecule has 174 valence electrons. The summed E-state index contributed by atoms with van der Waals surface area (Å²) in [6.07, 6.45) is 3.34. The molecule has 1 aromatic carbocycles. The van der Waals surface area contributed by atoms with Gasteiger partial charge in [-0.05, 0) is 61.3 Å². The number of hydrogen-bond donors (Lipinski definition) is 2. The van der Waals surface area contributed by atoms with Crippen molar-refractivity contribution in [2.45, 2.75) is 31.8 Å². The van der Waals surface area contributed by atoms with Crippen molar-refractivity contribution >= 4 is 47.2 Å². The SMILES string of the molecule is CN=C(NCC(=O)N1CCc2ccccc2C1)NCC1CCCN(C)C1c1cccs1.I. The van der Waals surface area contributed by atoms with E-state index in [4.69, 9.17) is 0 Å². The van der Waals surface area contributed by atoms with Crippen molar-refractivity contribution in [2.75, 3.05) is 40.3 Å². The number of piperidine rings is 1.